The molecule has 4 aromatic carbocycles. The maximum Gasteiger partial charge on any atom is 0.269 e. The van der Waals surface area contributed by atoms with Gasteiger partial charge >= 0.3 is 0 Å². The monoisotopic (exact) mass is 458 g/mol. The topological polar surface area (TPSA) is 72.5 Å². The SMILES string of the molecule is O=[N+]([O-])c1ccc(-n2c(-c3ccccc3)cc(C=NNc3ccccc3)c2-c2ccccc2)cc1. The van der Waals surface area contributed by atoms with Crippen molar-refractivity contribution in [1.29, 1.82) is 0 Å². The van der Waals surface area contributed by atoms with E-state index in [2.05, 4.69) is 33.3 Å². The first-order valence-electron chi connectivity index (χ1n) is 11.2. The predicted molar refractivity (Wildman–Crippen MR) is 141 cm³/mol. The summed E-state index contributed by atoms with van der Waals surface area (Å²) in [5.74, 6) is 0. The molecule has 6 nitrogen and oxygen atoms in total. The quantitative estimate of drug-likeness (QED) is 0.160. The molecule has 0 fully saturated rings. The molecule has 0 amide bonds. The minimum absolute atomic E-state index is 0.0530. The second kappa shape index (κ2) is 9.89. The molecule has 170 valence electrons. The number of para-hydroxylation sites is 1. The van der Waals surface area contributed by atoms with E-state index in [0.717, 1.165) is 39.5 Å². The lowest BCUT2D eigenvalue weighted by molar-refractivity contribution is -0.384. The molecule has 5 aromatic rings. The first-order chi connectivity index (χ1) is 17.2. The molecular weight excluding hydrogens is 436 g/mol. The lowest BCUT2D eigenvalue weighted by Crippen LogP contribution is -2.01. The van der Waals surface area contributed by atoms with Crippen LogP contribution in [0.3, 0.4) is 0 Å². The first kappa shape index (κ1) is 21.9. The normalized spacial score (nSPS) is 11.0. The van der Waals surface area contributed by atoms with Crippen LogP contribution < -0.4 is 5.43 Å². The van der Waals surface area contributed by atoms with Gasteiger partial charge in [-0.05, 0) is 41.5 Å². The van der Waals surface area contributed by atoms with Gasteiger partial charge in [-0.2, -0.15) is 5.10 Å². The molecular formula is C29H22N4O2. The molecule has 0 aliphatic heterocycles. The van der Waals surface area contributed by atoms with Crippen LogP contribution in [0.4, 0.5) is 11.4 Å². The summed E-state index contributed by atoms with van der Waals surface area (Å²) in [5, 5.41) is 15.7. The van der Waals surface area contributed by atoms with Gasteiger partial charge in [0, 0.05) is 23.4 Å². The van der Waals surface area contributed by atoms with Gasteiger partial charge in [0.2, 0.25) is 0 Å². The average molecular weight is 459 g/mol. The largest absolute Gasteiger partial charge is 0.309 e. The van der Waals surface area contributed by atoms with Crippen molar-refractivity contribution < 1.29 is 4.92 Å². The number of hydrogen-bond donors (Lipinski definition) is 1. The Hall–Kier alpha value is -4.97. The second-order valence-electron chi connectivity index (χ2n) is 7.91. The Morgan fingerprint density at radius 2 is 1.31 bits per heavy atom. The molecule has 35 heavy (non-hydrogen) atoms. The van der Waals surface area contributed by atoms with E-state index in [9.17, 15) is 10.1 Å². The Labute approximate surface area is 203 Å². The van der Waals surface area contributed by atoms with Crippen molar-refractivity contribution in [2.24, 2.45) is 5.10 Å². The Balaban J connectivity index is 1.70. The number of nitro benzene ring substituents is 1. The maximum absolute atomic E-state index is 11.2. The summed E-state index contributed by atoms with van der Waals surface area (Å²) in [6.45, 7) is 0. The van der Waals surface area contributed by atoms with Crippen LogP contribution in [0.25, 0.3) is 28.2 Å². The number of hydrazone groups is 1. The van der Waals surface area contributed by atoms with Crippen molar-refractivity contribution in [1.82, 2.24) is 4.57 Å². The third-order valence-electron chi connectivity index (χ3n) is 5.64. The number of nitro groups is 1. The summed E-state index contributed by atoms with van der Waals surface area (Å²) < 4.78 is 2.12. The van der Waals surface area contributed by atoms with Crippen molar-refractivity contribution >= 4 is 17.6 Å². The van der Waals surface area contributed by atoms with Crippen LogP contribution in [-0.2, 0) is 0 Å². The summed E-state index contributed by atoms with van der Waals surface area (Å²) >= 11 is 0. The molecule has 0 aliphatic rings. The minimum atomic E-state index is -0.386. The highest BCUT2D eigenvalue weighted by molar-refractivity contribution is 5.94. The summed E-state index contributed by atoms with van der Waals surface area (Å²) in [6, 6.07) is 38.6. The zero-order valence-electron chi connectivity index (χ0n) is 18.8. The van der Waals surface area contributed by atoms with Gasteiger partial charge in [-0.25, -0.2) is 0 Å². The molecule has 6 heteroatoms. The Bertz CT molecular complexity index is 1460. The van der Waals surface area contributed by atoms with E-state index in [4.69, 9.17) is 0 Å². The molecule has 0 saturated heterocycles. The van der Waals surface area contributed by atoms with Crippen LogP contribution >= 0.6 is 0 Å². The van der Waals surface area contributed by atoms with Gasteiger partial charge in [-0.1, -0.05) is 78.9 Å². The third kappa shape index (κ3) is 4.72. The second-order valence-corrected chi connectivity index (χ2v) is 7.91. The highest BCUT2D eigenvalue weighted by Crippen LogP contribution is 2.35. The Morgan fingerprint density at radius 3 is 1.91 bits per heavy atom. The van der Waals surface area contributed by atoms with Gasteiger partial charge in [-0.3, -0.25) is 15.5 Å². The average Bonchev–Trinajstić information content (AvgIpc) is 3.30. The fourth-order valence-electron chi connectivity index (χ4n) is 4.02. The van der Waals surface area contributed by atoms with Crippen molar-refractivity contribution in [2.75, 3.05) is 5.43 Å². The lowest BCUT2D eigenvalue weighted by Gasteiger charge is -2.15. The maximum atomic E-state index is 11.2. The van der Waals surface area contributed by atoms with E-state index in [1.54, 1.807) is 12.1 Å². The number of benzene rings is 4. The molecule has 0 saturated carbocycles. The van der Waals surface area contributed by atoms with Crippen LogP contribution in [0.2, 0.25) is 0 Å². The number of anilines is 1. The van der Waals surface area contributed by atoms with Crippen LogP contribution in [-0.4, -0.2) is 15.7 Å². The molecule has 1 heterocycles. The zero-order valence-corrected chi connectivity index (χ0v) is 18.8. The van der Waals surface area contributed by atoms with Gasteiger partial charge in [-0.15, -0.1) is 0 Å². The summed E-state index contributed by atoms with van der Waals surface area (Å²) in [6.07, 6.45) is 1.81. The number of rotatable bonds is 7. The fourth-order valence-corrected chi connectivity index (χ4v) is 4.02. The van der Waals surface area contributed by atoms with Crippen LogP contribution in [0, 0.1) is 10.1 Å². The van der Waals surface area contributed by atoms with Gasteiger partial charge in [0.1, 0.15) is 0 Å². The fraction of sp³-hybridized carbons (Fsp3) is 0. The van der Waals surface area contributed by atoms with Crippen LogP contribution in [0.5, 0.6) is 0 Å². The molecule has 0 unspecified atom stereocenters. The number of aromatic nitrogens is 1. The van der Waals surface area contributed by atoms with Gasteiger partial charge in [0.05, 0.1) is 28.2 Å². The van der Waals surface area contributed by atoms with Gasteiger partial charge in [0.25, 0.3) is 5.69 Å². The van der Waals surface area contributed by atoms with Crippen molar-refractivity contribution in [3.63, 3.8) is 0 Å². The van der Waals surface area contributed by atoms with E-state index in [0.29, 0.717) is 0 Å². The van der Waals surface area contributed by atoms with Gasteiger partial charge < -0.3 is 4.57 Å². The summed E-state index contributed by atoms with van der Waals surface area (Å²) in [4.78, 5) is 10.9. The smallest absolute Gasteiger partial charge is 0.269 e. The highest BCUT2D eigenvalue weighted by atomic mass is 16.6. The summed E-state index contributed by atoms with van der Waals surface area (Å²) in [7, 11) is 0. The van der Waals surface area contributed by atoms with Crippen molar-refractivity contribution in [3.8, 4) is 28.2 Å². The number of nitrogens with zero attached hydrogens (tertiary/aromatic N) is 3. The Kier molecular flexibility index (Phi) is 6.17. The number of hydrogen-bond acceptors (Lipinski definition) is 4. The highest BCUT2D eigenvalue weighted by Gasteiger charge is 2.19. The van der Waals surface area contributed by atoms with E-state index < -0.39 is 0 Å². The van der Waals surface area contributed by atoms with Gasteiger partial charge in [0.15, 0.2) is 0 Å². The molecule has 5 rings (SSSR count). The standard InChI is InChI=1S/C29H22N4O2/c34-33(35)27-18-16-26(17-19-27)32-28(22-10-4-1-5-11-22)20-24(29(32)23-12-6-2-7-13-23)21-30-31-25-14-8-3-9-15-25/h1-21,31H. The van der Waals surface area contributed by atoms with Crippen LogP contribution in [0.1, 0.15) is 5.56 Å². The number of nitrogens with one attached hydrogen (secondary N) is 1. The van der Waals surface area contributed by atoms with E-state index >= 15 is 0 Å². The number of non-ortho nitro benzene ring substituents is 1. The van der Waals surface area contributed by atoms with Crippen molar-refractivity contribution in [2.45, 2.75) is 0 Å². The molecule has 0 atom stereocenters. The Morgan fingerprint density at radius 1 is 0.743 bits per heavy atom. The van der Waals surface area contributed by atoms with E-state index in [1.807, 2.05) is 85.1 Å². The third-order valence-corrected chi connectivity index (χ3v) is 5.64. The molecule has 1 N–H and O–H groups in total. The molecule has 0 bridgehead atoms. The summed E-state index contributed by atoms with van der Waals surface area (Å²) in [5.41, 5.74) is 9.70. The van der Waals surface area contributed by atoms with E-state index in [-0.39, 0.29) is 10.6 Å². The lowest BCUT2D eigenvalue weighted by atomic mass is 10.1. The molecule has 1 aromatic heterocycles. The van der Waals surface area contributed by atoms with Crippen molar-refractivity contribution in [3.05, 3.63) is 137 Å². The minimum Gasteiger partial charge on any atom is -0.309 e. The molecule has 0 aliphatic carbocycles. The van der Waals surface area contributed by atoms with Crippen LogP contribution in [0.15, 0.2) is 126 Å². The molecule has 0 spiro atoms. The molecule has 0 radical (unpaired) electrons. The predicted octanol–water partition coefficient (Wildman–Crippen LogP) is 7.17. The zero-order chi connectivity index (χ0) is 24.0. The van der Waals surface area contributed by atoms with E-state index in [1.165, 1.54) is 12.1 Å². The first-order valence-corrected chi connectivity index (χ1v) is 11.2.